The monoisotopic (exact) mass is 424 g/mol. The molecule has 0 amide bonds. The Bertz CT molecular complexity index is 854. The van der Waals surface area contributed by atoms with Crippen LogP contribution in [0.25, 0.3) is 10.9 Å². The van der Waals surface area contributed by atoms with Crippen LogP contribution in [0.5, 0.6) is 0 Å². The molecule has 2 aromatic rings. The second kappa shape index (κ2) is 8.15. The summed E-state index contributed by atoms with van der Waals surface area (Å²) in [5.74, 6) is 0.357. The van der Waals surface area contributed by atoms with Gasteiger partial charge in [-0.3, -0.25) is 14.3 Å². The first kappa shape index (κ1) is 19.5. The van der Waals surface area contributed by atoms with Crippen molar-refractivity contribution >= 4 is 26.8 Å². The molecule has 1 aliphatic rings. The Morgan fingerprint density at radius 3 is 2.85 bits per heavy atom. The van der Waals surface area contributed by atoms with Gasteiger partial charge in [0.1, 0.15) is 11.6 Å². The Balaban J connectivity index is 2.16. The van der Waals surface area contributed by atoms with E-state index in [0.717, 1.165) is 38.3 Å². The highest BCUT2D eigenvalue weighted by Gasteiger charge is 2.28. The summed E-state index contributed by atoms with van der Waals surface area (Å²) in [6, 6.07) is 3.36. The summed E-state index contributed by atoms with van der Waals surface area (Å²) >= 11 is 3.17. The maximum absolute atomic E-state index is 14.0. The van der Waals surface area contributed by atoms with Crippen LogP contribution in [0.4, 0.5) is 4.39 Å². The van der Waals surface area contributed by atoms with Gasteiger partial charge in [-0.15, -0.1) is 0 Å². The highest BCUT2D eigenvalue weighted by Crippen LogP contribution is 2.27. The third-order valence-electron chi connectivity index (χ3n) is 5.04. The molecular weight excluding hydrogens is 399 g/mol. The third kappa shape index (κ3) is 3.70. The molecule has 0 unspecified atom stereocenters. The fourth-order valence-electron chi connectivity index (χ4n) is 3.79. The van der Waals surface area contributed by atoms with Crippen molar-refractivity contribution in [3.8, 4) is 0 Å². The molecule has 0 saturated carbocycles. The molecule has 0 spiro atoms. The summed E-state index contributed by atoms with van der Waals surface area (Å²) < 4.78 is 16.1. The molecule has 1 N–H and O–H groups in total. The molecular formula is C19H26BrFN4O. The maximum atomic E-state index is 14.0. The molecule has 7 heteroatoms. The van der Waals surface area contributed by atoms with Gasteiger partial charge in [0, 0.05) is 38.3 Å². The van der Waals surface area contributed by atoms with Crippen LogP contribution in [0.1, 0.15) is 45.5 Å². The van der Waals surface area contributed by atoms with E-state index in [4.69, 9.17) is 4.98 Å². The average Bonchev–Trinajstić information content (AvgIpc) is 2.61. The fraction of sp³-hybridized carbons (Fsp3) is 0.579. The predicted octanol–water partition coefficient (Wildman–Crippen LogP) is 3.45. The van der Waals surface area contributed by atoms with E-state index in [1.54, 1.807) is 4.57 Å². The van der Waals surface area contributed by atoms with Gasteiger partial charge >= 0.3 is 0 Å². The smallest absolute Gasteiger partial charge is 0.261 e. The zero-order valence-corrected chi connectivity index (χ0v) is 17.1. The second-order valence-corrected chi connectivity index (χ2v) is 7.81. The number of aromatic nitrogens is 2. The van der Waals surface area contributed by atoms with E-state index in [-0.39, 0.29) is 11.6 Å². The minimum Gasteiger partial charge on any atom is -0.312 e. The van der Waals surface area contributed by atoms with Crippen molar-refractivity contribution < 1.29 is 4.39 Å². The summed E-state index contributed by atoms with van der Waals surface area (Å²) in [6.07, 6.45) is 1.92. The molecule has 1 aromatic heterocycles. The first-order chi connectivity index (χ1) is 12.5. The quantitative estimate of drug-likeness (QED) is 0.798. The van der Waals surface area contributed by atoms with Crippen LogP contribution < -0.4 is 10.9 Å². The van der Waals surface area contributed by atoms with Gasteiger partial charge < -0.3 is 5.32 Å². The minimum atomic E-state index is -0.396. The average molecular weight is 425 g/mol. The Kier molecular flexibility index (Phi) is 6.10. The molecule has 0 aliphatic carbocycles. The number of rotatable bonds is 5. The summed E-state index contributed by atoms with van der Waals surface area (Å²) in [6.45, 7) is 9.58. The molecule has 0 radical (unpaired) electrons. The summed E-state index contributed by atoms with van der Waals surface area (Å²) in [7, 11) is 0. The molecule has 142 valence electrons. The topological polar surface area (TPSA) is 50.2 Å². The maximum Gasteiger partial charge on any atom is 0.261 e. The summed E-state index contributed by atoms with van der Waals surface area (Å²) in [5, 5.41) is 3.91. The van der Waals surface area contributed by atoms with Crippen LogP contribution in [-0.2, 0) is 6.54 Å². The van der Waals surface area contributed by atoms with Crippen molar-refractivity contribution in [2.75, 3.05) is 19.6 Å². The third-order valence-corrected chi connectivity index (χ3v) is 5.65. The highest BCUT2D eigenvalue weighted by molar-refractivity contribution is 9.10. The zero-order valence-electron chi connectivity index (χ0n) is 15.6. The predicted molar refractivity (Wildman–Crippen MR) is 106 cm³/mol. The summed E-state index contributed by atoms with van der Waals surface area (Å²) in [4.78, 5) is 20.2. The first-order valence-corrected chi connectivity index (χ1v) is 10.1. The van der Waals surface area contributed by atoms with Crippen molar-refractivity contribution in [2.24, 2.45) is 0 Å². The lowest BCUT2D eigenvalue weighted by atomic mass is 10.1. The highest BCUT2D eigenvalue weighted by atomic mass is 79.9. The van der Waals surface area contributed by atoms with Crippen molar-refractivity contribution in [1.82, 2.24) is 19.8 Å². The molecule has 2 heterocycles. The molecule has 3 rings (SSSR count). The number of hydrogen-bond donors (Lipinski definition) is 1. The normalized spacial score (nSPS) is 19.8. The Morgan fingerprint density at radius 1 is 1.42 bits per heavy atom. The van der Waals surface area contributed by atoms with Crippen LogP contribution in [0, 0.1) is 5.82 Å². The van der Waals surface area contributed by atoms with Crippen LogP contribution in [-0.4, -0.2) is 40.1 Å². The Morgan fingerprint density at radius 2 is 2.19 bits per heavy atom. The Labute approximate surface area is 161 Å². The van der Waals surface area contributed by atoms with E-state index in [1.807, 2.05) is 6.92 Å². The van der Waals surface area contributed by atoms with Crippen molar-refractivity contribution in [1.29, 1.82) is 0 Å². The number of benzene rings is 1. The molecule has 2 atom stereocenters. The lowest BCUT2D eigenvalue weighted by Crippen LogP contribution is -2.51. The minimum absolute atomic E-state index is 0.0632. The number of piperazine rings is 1. The van der Waals surface area contributed by atoms with E-state index in [1.165, 1.54) is 12.1 Å². The van der Waals surface area contributed by atoms with Gasteiger partial charge in [-0.2, -0.15) is 0 Å². The van der Waals surface area contributed by atoms with Crippen molar-refractivity contribution in [3.63, 3.8) is 0 Å². The number of nitrogens with one attached hydrogen (secondary N) is 1. The van der Waals surface area contributed by atoms with Crippen molar-refractivity contribution in [3.05, 3.63) is 38.6 Å². The lowest BCUT2D eigenvalue weighted by Gasteiger charge is -2.38. The molecule has 1 aromatic carbocycles. The number of halogens is 2. The van der Waals surface area contributed by atoms with E-state index >= 15 is 0 Å². The van der Waals surface area contributed by atoms with Crippen LogP contribution in [0.15, 0.2) is 21.4 Å². The molecule has 5 nitrogen and oxygen atoms in total. The van der Waals surface area contributed by atoms with Gasteiger partial charge in [-0.05, 0) is 42.3 Å². The molecule has 1 aliphatic heterocycles. The molecule has 1 saturated heterocycles. The lowest BCUT2D eigenvalue weighted by molar-refractivity contribution is 0.132. The first-order valence-electron chi connectivity index (χ1n) is 9.33. The largest absolute Gasteiger partial charge is 0.312 e. The van der Waals surface area contributed by atoms with Gasteiger partial charge in [0.2, 0.25) is 0 Å². The van der Waals surface area contributed by atoms with Gasteiger partial charge in [0.05, 0.1) is 21.4 Å². The van der Waals surface area contributed by atoms with E-state index < -0.39 is 5.82 Å². The fourth-order valence-corrected chi connectivity index (χ4v) is 4.13. The molecule has 26 heavy (non-hydrogen) atoms. The zero-order chi connectivity index (χ0) is 18.8. The number of nitrogens with zero attached hydrogens (tertiary/aromatic N) is 3. The Hall–Kier alpha value is -1.31. The van der Waals surface area contributed by atoms with Crippen LogP contribution in [0.3, 0.4) is 0 Å². The van der Waals surface area contributed by atoms with Crippen LogP contribution in [0.2, 0.25) is 0 Å². The van der Waals surface area contributed by atoms with E-state index in [9.17, 15) is 9.18 Å². The van der Waals surface area contributed by atoms with Gasteiger partial charge in [-0.1, -0.05) is 13.3 Å². The number of hydrogen-bond acceptors (Lipinski definition) is 4. The summed E-state index contributed by atoms with van der Waals surface area (Å²) in [5.41, 5.74) is 0.331. The SMILES string of the molecule is CCC[C@@H](c1nc2cc(F)c(Br)cc2c(=O)n1CC)N1CCN[C@H](C)C1. The van der Waals surface area contributed by atoms with Gasteiger partial charge in [0.15, 0.2) is 0 Å². The number of fused-ring (bicyclic) bond motifs is 1. The van der Waals surface area contributed by atoms with E-state index in [0.29, 0.717) is 28.0 Å². The van der Waals surface area contributed by atoms with Gasteiger partial charge in [-0.25, -0.2) is 9.37 Å². The molecule has 0 bridgehead atoms. The van der Waals surface area contributed by atoms with Crippen molar-refractivity contribution in [2.45, 2.75) is 52.2 Å². The van der Waals surface area contributed by atoms with E-state index in [2.05, 4.69) is 40.0 Å². The second-order valence-electron chi connectivity index (χ2n) is 6.96. The standard InChI is InChI=1S/C19H26BrFN4O/c1-4-6-17(24-8-7-22-12(3)11-24)18-23-16-10-15(21)14(20)9-13(16)19(26)25(18)5-2/h9-10,12,17,22H,4-8,11H2,1-3H3/t12-,17+/m1/s1. The van der Waals surface area contributed by atoms with Crippen LogP contribution >= 0.6 is 15.9 Å². The van der Waals surface area contributed by atoms with Gasteiger partial charge in [0.25, 0.3) is 5.56 Å². The molecule has 1 fully saturated rings.